The predicted molar refractivity (Wildman–Crippen MR) is 71.4 cm³/mol. The minimum atomic E-state index is -0.892. The Balaban J connectivity index is 1.84. The summed E-state index contributed by atoms with van der Waals surface area (Å²) in [6.07, 6.45) is 0. The van der Waals surface area contributed by atoms with Crippen LogP contribution in [0.5, 0.6) is 0 Å². The molecule has 1 fully saturated rings. The summed E-state index contributed by atoms with van der Waals surface area (Å²) in [5.74, 6) is -0.746. The van der Waals surface area contributed by atoms with E-state index in [4.69, 9.17) is 0 Å². The number of nitrogens with one attached hydrogen (secondary N) is 2. The number of rotatable bonds is 2. The van der Waals surface area contributed by atoms with Crippen LogP contribution in [-0.2, 0) is 0 Å². The minimum absolute atomic E-state index is 0.369. The lowest BCUT2D eigenvalue weighted by Gasteiger charge is -2.30. The molecule has 2 N–H and O–H groups in total. The molecule has 0 spiro atoms. The van der Waals surface area contributed by atoms with Crippen molar-refractivity contribution in [1.29, 1.82) is 0 Å². The first-order chi connectivity index (χ1) is 9.63. The van der Waals surface area contributed by atoms with Crippen molar-refractivity contribution in [2.24, 2.45) is 0 Å². The molecule has 5 nitrogen and oxygen atoms in total. The van der Waals surface area contributed by atoms with E-state index in [0.717, 1.165) is 31.8 Å². The van der Waals surface area contributed by atoms with E-state index in [1.807, 2.05) is 0 Å². The van der Waals surface area contributed by atoms with Crippen molar-refractivity contribution < 1.29 is 8.78 Å². The van der Waals surface area contributed by atoms with E-state index in [0.29, 0.717) is 23.4 Å². The Hall–Kier alpha value is -2.02. The van der Waals surface area contributed by atoms with Crippen molar-refractivity contribution in [3.05, 3.63) is 29.8 Å². The molecule has 0 aliphatic carbocycles. The summed E-state index contributed by atoms with van der Waals surface area (Å²) in [7, 11) is 0. The number of benzene rings is 1. The van der Waals surface area contributed by atoms with Crippen molar-refractivity contribution >= 4 is 5.95 Å². The number of aromatic amines is 1. The van der Waals surface area contributed by atoms with Crippen molar-refractivity contribution in [2.45, 2.75) is 13.0 Å². The molecule has 7 heteroatoms. The van der Waals surface area contributed by atoms with E-state index >= 15 is 0 Å². The quantitative estimate of drug-likeness (QED) is 0.875. The molecule has 0 radical (unpaired) electrons. The zero-order valence-electron chi connectivity index (χ0n) is 11.0. The molecule has 106 valence electrons. The number of hydrogen-bond acceptors (Lipinski definition) is 4. The van der Waals surface area contributed by atoms with E-state index in [1.54, 1.807) is 0 Å². The fourth-order valence-electron chi connectivity index (χ4n) is 2.28. The Morgan fingerprint density at radius 1 is 1.30 bits per heavy atom. The van der Waals surface area contributed by atoms with Gasteiger partial charge in [-0.15, -0.1) is 5.10 Å². The van der Waals surface area contributed by atoms with Gasteiger partial charge in [0.2, 0.25) is 5.95 Å². The maximum Gasteiger partial charge on any atom is 0.245 e. The second-order valence-electron chi connectivity index (χ2n) is 4.91. The summed E-state index contributed by atoms with van der Waals surface area (Å²) in [5, 5.41) is 10.3. The predicted octanol–water partition coefficient (Wildman–Crippen LogP) is 1.55. The molecule has 20 heavy (non-hydrogen) atoms. The highest BCUT2D eigenvalue weighted by atomic mass is 19.2. The van der Waals surface area contributed by atoms with Crippen LogP contribution in [0, 0.1) is 11.6 Å². The van der Waals surface area contributed by atoms with Gasteiger partial charge in [0.15, 0.2) is 17.5 Å². The largest absolute Gasteiger partial charge is 0.337 e. The standard InChI is InChI=1S/C13H15F2N5/c1-8-7-20(5-4-16-8)13-17-12(18-19-13)9-2-3-10(14)11(15)6-9/h2-3,6,8,16H,4-5,7H2,1H3,(H,17,18,19)/t8-/m1/s1. The number of anilines is 1. The van der Waals surface area contributed by atoms with Crippen molar-refractivity contribution in [1.82, 2.24) is 20.5 Å². The maximum absolute atomic E-state index is 13.2. The number of piperazine rings is 1. The van der Waals surface area contributed by atoms with Crippen LogP contribution in [0.15, 0.2) is 18.2 Å². The highest BCUT2D eigenvalue weighted by Crippen LogP contribution is 2.20. The number of hydrogen-bond donors (Lipinski definition) is 2. The van der Waals surface area contributed by atoms with Gasteiger partial charge in [-0.25, -0.2) is 8.78 Å². The number of halogens is 2. The first-order valence-corrected chi connectivity index (χ1v) is 6.49. The first kappa shape index (κ1) is 13.0. The van der Waals surface area contributed by atoms with E-state index < -0.39 is 11.6 Å². The van der Waals surface area contributed by atoms with Gasteiger partial charge in [-0.3, -0.25) is 5.10 Å². The van der Waals surface area contributed by atoms with E-state index in [-0.39, 0.29) is 0 Å². The minimum Gasteiger partial charge on any atom is -0.337 e. The van der Waals surface area contributed by atoms with Crippen LogP contribution < -0.4 is 10.2 Å². The summed E-state index contributed by atoms with van der Waals surface area (Å²) in [6.45, 7) is 4.60. The van der Waals surface area contributed by atoms with Crippen LogP contribution in [0.1, 0.15) is 6.92 Å². The van der Waals surface area contributed by atoms with Gasteiger partial charge in [-0.1, -0.05) is 0 Å². The molecule has 1 aliphatic rings. The molecule has 2 aromatic rings. The lowest BCUT2D eigenvalue weighted by atomic mass is 10.2. The third-order valence-corrected chi connectivity index (χ3v) is 3.32. The second-order valence-corrected chi connectivity index (χ2v) is 4.91. The van der Waals surface area contributed by atoms with Crippen LogP contribution in [0.2, 0.25) is 0 Å². The molecule has 0 amide bonds. The highest BCUT2D eigenvalue weighted by molar-refractivity contribution is 5.56. The van der Waals surface area contributed by atoms with Crippen LogP contribution in [0.4, 0.5) is 14.7 Å². The molecule has 3 rings (SSSR count). The van der Waals surface area contributed by atoms with Crippen LogP contribution >= 0.6 is 0 Å². The monoisotopic (exact) mass is 279 g/mol. The summed E-state index contributed by atoms with van der Waals surface area (Å²) >= 11 is 0. The van der Waals surface area contributed by atoms with Gasteiger partial charge in [0.25, 0.3) is 0 Å². The molecular weight excluding hydrogens is 264 g/mol. The van der Waals surface area contributed by atoms with Gasteiger partial charge in [0.05, 0.1) is 0 Å². The summed E-state index contributed by atoms with van der Waals surface area (Å²) in [5.41, 5.74) is 0.478. The lowest BCUT2D eigenvalue weighted by Crippen LogP contribution is -2.49. The Kier molecular flexibility index (Phi) is 3.35. The molecule has 1 atom stereocenters. The summed E-state index contributed by atoms with van der Waals surface area (Å²) in [6, 6.07) is 4.04. The third kappa shape index (κ3) is 2.49. The van der Waals surface area contributed by atoms with Crippen LogP contribution in [0.25, 0.3) is 11.4 Å². The molecule has 1 aromatic carbocycles. The van der Waals surface area contributed by atoms with Crippen LogP contribution in [0.3, 0.4) is 0 Å². The first-order valence-electron chi connectivity index (χ1n) is 6.49. The molecule has 0 bridgehead atoms. The Bertz CT molecular complexity index is 613. The zero-order valence-corrected chi connectivity index (χ0v) is 11.0. The normalized spacial score (nSPS) is 19.4. The molecule has 1 aliphatic heterocycles. The van der Waals surface area contributed by atoms with E-state index in [1.165, 1.54) is 6.07 Å². The lowest BCUT2D eigenvalue weighted by molar-refractivity contribution is 0.480. The van der Waals surface area contributed by atoms with Gasteiger partial charge < -0.3 is 10.2 Å². The molecule has 0 saturated carbocycles. The third-order valence-electron chi connectivity index (χ3n) is 3.32. The molecule has 2 heterocycles. The Morgan fingerprint density at radius 3 is 2.90 bits per heavy atom. The molecule has 0 unspecified atom stereocenters. The second kappa shape index (κ2) is 5.16. The van der Waals surface area contributed by atoms with Gasteiger partial charge in [0, 0.05) is 31.2 Å². The summed E-state index contributed by atoms with van der Waals surface area (Å²) in [4.78, 5) is 6.41. The van der Waals surface area contributed by atoms with Gasteiger partial charge in [0.1, 0.15) is 0 Å². The van der Waals surface area contributed by atoms with E-state index in [9.17, 15) is 8.78 Å². The topological polar surface area (TPSA) is 56.8 Å². The Labute approximate surface area is 115 Å². The molecule has 1 aromatic heterocycles. The van der Waals surface area contributed by atoms with Crippen molar-refractivity contribution in [3.63, 3.8) is 0 Å². The zero-order chi connectivity index (χ0) is 14.1. The Morgan fingerprint density at radius 2 is 2.15 bits per heavy atom. The smallest absolute Gasteiger partial charge is 0.245 e. The SMILES string of the molecule is C[C@@H]1CN(c2n[nH]c(-c3ccc(F)c(F)c3)n2)CCN1. The maximum atomic E-state index is 13.2. The fraction of sp³-hybridized carbons (Fsp3) is 0.385. The summed E-state index contributed by atoms with van der Waals surface area (Å²) < 4.78 is 26.1. The highest BCUT2D eigenvalue weighted by Gasteiger charge is 2.19. The average molecular weight is 279 g/mol. The van der Waals surface area contributed by atoms with Gasteiger partial charge >= 0.3 is 0 Å². The van der Waals surface area contributed by atoms with Gasteiger partial charge in [-0.2, -0.15) is 4.98 Å². The molecule has 1 saturated heterocycles. The van der Waals surface area contributed by atoms with Crippen molar-refractivity contribution in [2.75, 3.05) is 24.5 Å². The number of aromatic nitrogens is 3. The number of H-pyrrole nitrogens is 1. The molecular formula is C13H15F2N5. The van der Waals surface area contributed by atoms with Gasteiger partial charge in [-0.05, 0) is 25.1 Å². The van der Waals surface area contributed by atoms with E-state index in [2.05, 4.69) is 32.3 Å². The average Bonchev–Trinajstić information content (AvgIpc) is 2.92. The number of nitrogens with zero attached hydrogens (tertiary/aromatic N) is 3. The van der Waals surface area contributed by atoms with Crippen molar-refractivity contribution in [3.8, 4) is 11.4 Å². The van der Waals surface area contributed by atoms with Crippen LogP contribution in [-0.4, -0.2) is 40.9 Å². The fourth-order valence-corrected chi connectivity index (χ4v) is 2.28.